The van der Waals surface area contributed by atoms with Crippen molar-refractivity contribution in [2.75, 3.05) is 21.2 Å². The third-order valence-corrected chi connectivity index (χ3v) is 4.47. The van der Waals surface area contributed by atoms with E-state index in [1.54, 1.807) is 7.11 Å². The number of hydrogen-bond acceptors (Lipinski definition) is 4. The zero-order valence-corrected chi connectivity index (χ0v) is 14.0. The van der Waals surface area contributed by atoms with Gasteiger partial charge in [0.25, 0.3) is 0 Å². The molecule has 1 saturated carbocycles. The molecule has 0 aliphatic heterocycles. The van der Waals surface area contributed by atoms with E-state index in [2.05, 4.69) is 31.1 Å². The van der Waals surface area contributed by atoms with Crippen molar-refractivity contribution in [1.82, 2.24) is 4.90 Å². The van der Waals surface area contributed by atoms with Crippen LogP contribution in [0.25, 0.3) is 0 Å². The Morgan fingerprint density at radius 3 is 2.64 bits per heavy atom. The van der Waals surface area contributed by atoms with Gasteiger partial charge in [-0.1, -0.05) is 18.6 Å². The maximum Gasteiger partial charge on any atom is 0.302 e. The summed E-state index contributed by atoms with van der Waals surface area (Å²) in [5.74, 6) is 1.00. The molecular formula is C18H27NO3. The Balaban J connectivity index is 2.30. The zero-order valence-electron chi connectivity index (χ0n) is 14.0. The number of carbonyl (C=O) groups is 1. The van der Waals surface area contributed by atoms with Crippen LogP contribution in [0, 0.1) is 5.92 Å². The van der Waals surface area contributed by atoms with Crippen LogP contribution in [-0.2, 0) is 9.53 Å². The van der Waals surface area contributed by atoms with Gasteiger partial charge in [-0.3, -0.25) is 4.79 Å². The van der Waals surface area contributed by atoms with Gasteiger partial charge in [-0.2, -0.15) is 0 Å². The molecule has 4 nitrogen and oxygen atoms in total. The minimum Gasteiger partial charge on any atom is -0.497 e. The van der Waals surface area contributed by atoms with E-state index in [1.807, 2.05) is 12.1 Å². The fourth-order valence-corrected chi connectivity index (χ4v) is 3.60. The molecule has 0 spiro atoms. The Morgan fingerprint density at radius 2 is 2.00 bits per heavy atom. The molecule has 0 N–H and O–H groups in total. The number of hydrogen-bond donors (Lipinski definition) is 0. The van der Waals surface area contributed by atoms with E-state index >= 15 is 0 Å². The van der Waals surface area contributed by atoms with Crippen LogP contribution >= 0.6 is 0 Å². The van der Waals surface area contributed by atoms with Crippen molar-refractivity contribution in [2.24, 2.45) is 5.92 Å². The molecule has 3 unspecified atom stereocenters. The topological polar surface area (TPSA) is 38.8 Å². The Bertz CT molecular complexity index is 501. The highest BCUT2D eigenvalue weighted by Gasteiger charge is 2.36. The average molecular weight is 305 g/mol. The summed E-state index contributed by atoms with van der Waals surface area (Å²) in [7, 11) is 5.86. The molecule has 1 aliphatic carbocycles. The van der Waals surface area contributed by atoms with E-state index in [0.717, 1.165) is 25.0 Å². The minimum absolute atomic E-state index is 0.00449. The van der Waals surface area contributed by atoms with Crippen molar-refractivity contribution in [3.63, 3.8) is 0 Å². The lowest BCUT2D eigenvalue weighted by molar-refractivity contribution is -0.152. The highest BCUT2D eigenvalue weighted by Crippen LogP contribution is 2.39. The Hall–Kier alpha value is -1.55. The molecule has 0 radical (unpaired) electrons. The molecule has 0 saturated heterocycles. The van der Waals surface area contributed by atoms with Gasteiger partial charge >= 0.3 is 5.97 Å². The fraction of sp³-hybridized carbons (Fsp3) is 0.611. The number of ether oxygens (including phenoxy) is 2. The van der Waals surface area contributed by atoms with E-state index < -0.39 is 0 Å². The van der Waals surface area contributed by atoms with Crippen molar-refractivity contribution in [2.45, 2.75) is 44.8 Å². The Kier molecular flexibility index (Phi) is 5.83. The quantitative estimate of drug-likeness (QED) is 0.781. The number of benzene rings is 1. The van der Waals surface area contributed by atoms with Crippen molar-refractivity contribution < 1.29 is 14.3 Å². The summed E-state index contributed by atoms with van der Waals surface area (Å²) in [6.07, 6.45) is 4.37. The molecule has 1 aromatic carbocycles. The first-order valence-electron chi connectivity index (χ1n) is 8.00. The lowest BCUT2D eigenvalue weighted by Crippen LogP contribution is -2.39. The standard InChI is InChI=1S/C18H27NO3/c1-13(20)22-17-11-6-5-10-16(17)18(19(2)3)14-8-7-9-15(12-14)21-4/h7-9,12,16-18H,5-6,10-11H2,1-4H3. The van der Waals surface area contributed by atoms with Crippen LogP contribution in [0.4, 0.5) is 0 Å². The van der Waals surface area contributed by atoms with Gasteiger partial charge in [-0.25, -0.2) is 0 Å². The average Bonchev–Trinajstić information content (AvgIpc) is 2.48. The molecule has 0 amide bonds. The van der Waals surface area contributed by atoms with Crippen LogP contribution in [0.15, 0.2) is 24.3 Å². The second-order valence-corrected chi connectivity index (χ2v) is 6.28. The van der Waals surface area contributed by atoms with E-state index in [1.165, 1.54) is 18.9 Å². The van der Waals surface area contributed by atoms with Crippen molar-refractivity contribution in [3.05, 3.63) is 29.8 Å². The molecular weight excluding hydrogens is 278 g/mol. The molecule has 2 rings (SSSR count). The highest BCUT2D eigenvalue weighted by atomic mass is 16.5. The summed E-state index contributed by atoms with van der Waals surface area (Å²) in [5.41, 5.74) is 1.22. The smallest absolute Gasteiger partial charge is 0.302 e. The molecule has 1 fully saturated rings. The molecule has 0 aromatic heterocycles. The van der Waals surface area contributed by atoms with Gasteiger partial charge in [-0.05, 0) is 51.1 Å². The van der Waals surface area contributed by atoms with Crippen molar-refractivity contribution in [1.29, 1.82) is 0 Å². The third kappa shape index (κ3) is 4.01. The van der Waals surface area contributed by atoms with Crippen molar-refractivity contribution in [3.8, 4) is 5.75 Å². The van der Waals surface area contributed by atoms with E-state index in [0.29, 0.717) is 5.92 Å². The first-order chi connectivity index (χ1) is 10.5. The minimum atomic E-state index is -0.181. The molecule has 122 valence electrons. The molecule has 0 heterocycles. The number of carbonyl (C=O) groups excluding carboxylic acids is 1. The van der Waals surface area contributed by atoms with Gasteiger partial charge in [-0.15, -0.1) is 0 Å². The number of rotatable bonds is 5. The van der Waals surface area contributed by atoms with Crippen LogP contribution in [0.3, 0.4) is 0 Å². The van der Waals surface area contributed by atoms with Gasteiger partial charge in [0.15, 0.2) is 0 Å². The maximum atomic E-state index is 11.4. The van der Waals surface area contributed by atoms with Gasteiger partial charge < -0.3 is 14.4 Å². The molecule has 3 atom stereocenters. The maximum absolute atomic E-state index is 11.4. The summed E-state index contributed by atoms with van der Waals surface area (Å²) < 4.78 is 11.0. The Labute approximate surface area is 133 Å². The van der Waals surface area contributed by atoms with E-state index in [9.17, 15) is 4.79 Å². The largest absolute Gasteiger partial charge is 0.497 e. The summed E-state index contributed by atoms with van der Waals surface area (Å²) in [6.45, 7) is 1.50. The van der Waals surface area contributed by atoms with Gasteiger partial charge in [0.2, 0.25) is 0 Å². The molecule has 0 bridgehead atoms. The SMILES string of the molecule is COc1cccc(C(C2CCCCC2OC(C)=O)N(C)C)c1. The second-order valence-electron chi connectivity index (χ2n) is 6.28. The highest BCUT2D eigenvalue weighted by molar-refractivity contribution is 5.66. The zero-order chi connectivity index (χ0) is 16.1. The first-order valence-corrected chi connectivity index (χ1v) is 8.00. The Morgan fingerprint density at radius 1 is 1.27 bits per heavy atom. The van der Waals surface area contributed by atoms with E-state index in [-0.39, 0.29) is 18.1 Å². The van der Waals surface area contributed by atoms with Crippen LogP contribution in [0.1, 0.15) is 44.2 Å². The lowest BCUT2D eigenvalue weighted by Gasteiger charge is -2.39. The third-order valence-electron chi connectivity index (χ3n) is 4.47. The van der Waals surface area contributed by atoms with Crippen molar-refractivity contribution >= 4 is 5.97 Å². The molecule has 4 heteroatoms. The molecule has 22 heavy (non-hydrogen) atoms. The monoisotopic (exact) mass is 305 g/mol. The predicted molar refractivity (Wildman–Crippen MR) is 86.9 cm³/mol. The van der Waals surface area contributed by atoms with Gasteiger partial charge in [0.05, 0.1) is 7.11 Å². The second kappa shape index (κ2) is 7.63. The predicted octanol–water partition coefficient (Wildman–Crippen LogP) is 3.42. The number of nitrogens with zero attached hydrogens (tertiary/aromatic N) is 1. The first kappa shape index (κ1) is 16.8. The van der Waals surface area contributed by atoms with Crippen LogP contribution < -0.4 is 4.74 Å². The molecule has 1 aromatic rings. The van der Waals surface area contributed by atoms with Crippen LogP contribution in [-0.4, -0.2) is 38.2 Å². The van der Waals surface area contributed by atoms with Crippen LogP contribution in [0.2, 0.25) is 0 Å². The summed E-state index contributed by atoms with van der Waals surface area (Å²) >= 11 is 0. The summed E-state index contributed by atoms with van der Waals surface area (Å²) in [4.78, 5) is 13.7. The van der Waals surface area contributed by atoms with Crippen LogP contribution in [0.5, 0.6) is 5.75 Å². The van der Waals surface area contributed by atoms with E-state index in [4.69, 9.17) is 9.47 Å². The lowest BCUT2D eigenvalue weighted by atomic mass is 9.78. The summed E-state index contributed by atoms with van der Waals surface area (Å²) in [6, 6.07) is 8.42. The van der Waals surface area contributed by atoms with Gasteiger partial charge in [0, 0.05) is 18.9 Å². The summed E-state index contributed by atoms with van der Waals surface area (Å²) in [5, 5.41) is 0. The normalized spacial score (nSPS) is 23.1. The fourth-order valence-electron chi connectivity index (χ4n) is 3.60. The number of esters is 1. The molecule has 1 aliphatic rings. The van der Waals surface area contributed by atoms with Gasteiger partial charge in [0.1, 0.15) is 11.9 Å². The number of methoxy groups -OCH3 is 1.